The molecule has 1 aromatic rings. The normalized spacial score (nSPS) is 10.8. The molecule has 1 aromatic carbocycles. The van der Waals surface area contributed by atoms with E-state index in [9.17, 15) is 14.7 Å². The average molecular weight is 424 g/mol. The summed E-state index contributed by atoms with van der Waals surface area (Å²) in [5.41, 5.74) is 2.60. The van der Waals surface area contributed by atoms with Gasteiger partial charge in [-0.2, -0.15) is 0 Å². The minimum absolute atomic E-state index is 0.0270. The van der Waals surface area contributed by atoms with E-state index in [-0.39, 0.29) is 18.5 Å². The van der Waals surface area contributed by atoms with Gasteiger partial charge in [0.1, 0.15) is 6.61 Å². The number of carbonyl (C=O) groups is 2. The number of benzene rings is 1. The molecule has 0 aliphatic rings. The number of unbranched alkanes of at least 4 members (excludes halogenated alkanes) is 5. The maximum atomic E-state index is 12.1. The van der Waals surface area contributed by atoms with Gasteiger partial charge in [0, 0.05) is 19.4 Å². The van der Waals surface area contributed by atoms with E-state index in [0.29, 0.717) is 32.6 Å². The summed E-state index contributed by atoms with van der Waals surface area (Å²) < 4.78 is 4.61. The lowest BCUT2D eigenvalue weighted by Gasteiger charge is -2.10. The van der Waals surface area contributed by atoms with Crippen LogP contribution in [0.4, 0.5) is 0 Å². The van der Waals surface area contributed by atoms with Crippen molar-refractivity contribution in [1.82, 2.24) is 5.32 Å². The van der Waals surface area contributed by atoms with Crippen molar-refractivity contribution in [3.63, 3.8) is 0 Å². The Kier molecular flexibility index (Phi) is 14.6. The van der Waals surface area contributed by atoms with Gasteiger partial charge in [-0.1, -0.05) is 50.8 Å². The number of esters is 1. The summed E-state index contributed by atoms with van der Waals surface area (Å²) in [5, 5.41) is 12.4. The second-order valence-electron chi connectivity index (χ2n) is 7.37. The highest BCUT2D eigenvalue weighted by Gasteiger charge is 2.05. The first-order valence-corrected chi connectivity index (χ1v) is 10.9. The average Bonchev–Trinajstić information content (AvgIpc) is 2.76. The molecule has 1 rings (SSSR count). The third kappa shape index (κ3) is 12.6. The van der Waals surface area contributed by atoms with Gasteiger partial charge in [0.2, 0.25) is 5.91 Å². The lowest BCUT2D eigenvalue weighted by atomic mass is 10.1. The van der Waals surface area contributed by atoms with E-state index in [2.05, 4.69) is 10.1 Å². The number of methoxy groups -OCH3 is 1. The second-order valence-corrected chi connectivity index (χ2v) is 7.37. The first kappa shape index (κ1) is 26.1. The Balaban J connectivity index is 2.22. The van der Waals surface area contributed by atoms with Crippen molar-refractivity contribution in [3.8, 4) is 0 Å². The second kappa shape index (κ2) is 16.8. The van der Waals surface area contributed by atoms with Gasteiger partial charge < -0.3 is 15.2 Å². The fraction of sp³-hybridized carbons (Fsp3) is 0.652. The Morgan fingerprint density at radius 1 is 0.900 bits per heavy atom. The van der Waals surface area contributed by atoms with Crippen molar-refractivity contribution in [2.45, 2.75) is 84.5 Å². The Bertz CT molecular complexity index is 620. The maximum absolute atomic E-state index is 12.1. The van der Waals surface area contributed by atoms with E-state index in [0.717, 1.165) is 61.6 Å². The van der Waals surface area contributed by atoms with Crippen molar-refractivity contribution < 1.29 is 29.2 Å². The molecule has 0 unspecified atom stereocenters. The minimum Gasteiger partial charge on any atom is -0.469 e. The van der Waals surface area contributed by atoms with Crippen LogP contribution in [0.15, 0.2) is 18.2 Å². The van der Waals surface area contributed by atoms with Gasteiger partial charge in [0.15, 0.2) is 0 Å². The molecular weight excluding hydrogens is 386 g/mol. The Morgan fingerprint density at radius 2 is 1.53 bits per heavy atom. The first-order valence-electron chi connectivity index (χ1n) is 10.9. The summed E-state index contributed by atoms with van der Waals surface area (Å²) in [6.45, 7) is 3.20. The molecule has 0 saturated carbocycles. The number of rotatable bonds is 17. The number of hydrogen-bond acceptors (Lipinski definition) is 6. The van der Waals surface area contributed by atoms with Crippen LogP contribution in [0.2, 0.25) is 0 Å². The van der Waals surface area contributed by atoms with Crippen molar-refractivity contribution >= 4 is 11.9 Å². The van der Waals surface area contributed by atoms with E-state index >= 15 is 0 Å². The van der Waals surface area contributed by atoms with E-state index in [1.54, 1.807) is 0 Å². The Labute approximate surface area is 180 Å². The highest BCUT2D eigenvalue weighted by Crippen LogP contribution is 2.13. The van der Waals surface area contributed by atoms with Crippen LogP contribution in [-0.2, 0) is 43.9 Å². The highest BCUT2D eigenvalue weighted by atomic mass is 17.2. The monoisotopic (exact) mass is 423 g/mol. The summed E-state index contributed by atoms with van der Waals surface area (Å²) in [4.78, 5) is 33.3. The van der Waals surface area contributed by atoms with Crippen LogP contribution in [0.3, 0.4) is 0 Å². The topological polar surface area (TPSA) is 94.1 Å². The molecule has 170 valence electrons. The molecule has 0 fully saturated rings. The molecule has 0 heterocycles. The van der Waals surface area contributed by atoms with Gasteiger partial charge in [-0.05, 0) is 36.0 Å². The highest BCUT2D eigenvalue weighted by molar-refractivity contribution is 5.75. The van der Waals surface area contributed by atoms with Crippen molar-refractivity contribution in [1.29, 1.82) is 0 Å². The lowest BCUT2D eigenvalue weighted by Crippen LogP contribution is -2.22. The van der Waals surface area contributed by atoms with Gasteiger partial charge in [-0.3, -0.25) is 9.59 Å². The van der Waals surface area contributed by atoms with Gasteiger partial charge in [-0.15, -0.1) is 0 Å². The standard InChI is InChI=1S/C23H37NO6/c1-3-12-29-30-18-21-14-19(13-20(15-21)17-25)16-24-22(26)10-8-6-4-5-7-9-11-23(27)28-2/h13-15,25H,3-12,16-18H2,1-2H3,(H,24,26). The zero-order chi connectivity index (χ0) is 22.0. The van der Waals surface area contributed by atoms with Crippen molar-refractivity contribution in [3.05, 3.63) is 34.9 Å². The van der Waals surface area contributed by atoms with Crippen LogP contribution >= 0.6 is 0 Å². The molecular formula is C23H37NO6. The van der Waals surface area contributed by atoms with Crippen LogP contribution in [0, 0.1) is 0 Å². The predicted molar refractivity (Wildman–Crippen MR) is 114 cm³/mol. The van der Waals surface area contributed by atoms with E-state index in [1.807, 2.05) is 25.1 Å². The van der Waals surface area contributed by atoms with Gasteiger partial charge in [0.05, 0.1) is 20.3 Å². The number of nitrogens with one attached hydrogen (secondary N) is 1. The molecule has 30 heavy (non-hydrogen) atoms. The lowest BCUT2D eigenvalue weighted by molar-refractivity contribution is -0.303. The van der Waals surface area contributed by atoms with Gasteiger partial charge in [0.25, 0.3) is 0 Å². The van der Waals surface area contributed by atoms with Gasteiger partial charge in [-0.25, -0.2) is 9.78 Å². The summed E-state index contributed by atoms with van der Waals surface area (Å²) in [6.07, 6.45) is 7.73. The number of hydrogen-bond donors (Lipinski definition) is 2. The number of aliphatic hydroxyl groups excluding tert-OH is 1. The van der Waals surface area contributed by atoms with E-state index < -0.39 is 0 Å². The van der Waals surface area contributed by atoms with E-state index in [4.69, 9.17) is 9.78 Å². The number of amides is 1. The van der Waals surface area contributed by atoms with Crippen LogP contribution in [-0.4, -0.2) is 30.7 Å². The third-order valence-electron chi connectivity index (χ3n) is 4.64. The number of ether oxygens (including phenoxy) is 1. The predicted octanol–water partition coefficient (Wildman–Crippen LogP) is 3.95. The Morgan fingerprint density at radius 3 is 2.20 bits per heavy atom. The van der Waals surface area contributed by atoms with Crippen LogP contribution in [0.1, 0.15) is 81.4 Å². The summed E-state index contributed by atoms with van der Waals surface area (Å²) in [7, 11) is 1.41. The molecule has 0 bridgehead atoms. The first-order chi connectivity index (χ1) is 14.6. The van der Waals surface area contributed by atoms with Crippen molar-refractivity contribution in [2.24, 2.45) is 0 Å². The minimum atomic E-state index is -0.152. The van der Waals surface area contributed by atoms with Crippen LogP contribution < -0.4 is 5.32 Å². The molecule has 7 heteroatoms. The SMILES string of the molecule is CCCOOCc1cc(CO)cc(CNC(=O)CCCCCCCCC(=O)OC)c1. The van der Waals surface area contributed by atoms with Crippen molar-refractivity contribution in [2.75, 3.05) is 13.7 Å². The smallest absolute Gasteiger partial charge is 0.305 e. The zero-order valence-corrected chi connectivity index (χ0v) is 18.4. The number of aliphatic hydroxyl groups is 1. The summed E-state index contributed by atoms with van der Waals surface area (Å²) in [5.74, 6) is -0.125. The molecule has 0 saturated heterocycles. The number of carbonyl (C=O) groups excluding carboxylic acids is 2. The quantitative estimate of drug-likeness (QED) is 0.171. The van der Waals surface area contributed by atoms with Gasteiger partial charge >= 0.3 is 5.97 Å². The molecule has 7 nitrogen and oxygen atoms in total. The van der Waals surface area contributed by atoms with E-state index in [1.165, 1.54) is 7.11 Å². The molecule has 0 aromatic heterocycles. The fourth-order valence-corrected chi connectivity index (χ4v) is 3.02. The molecule has 0 aliphatic heterocycles. The molecule has 1 amide bonds. The summed E-state index contributed by atoms with van der Waals surface area (Å²) in [6, 6.07) is 5.69. The third-order valence-corrected chi connectivity index (χ3v) is 4.64. The fourth-order valence-electron chi connectivity index (χ4n) is 3.02. The molecule has 0 atom stereocenters. The van der Waals surface area contributed by atoms with Crippen LogP contribution in [0.5, 0.6) is 0 Å². The maximum Gasteiger partial charge on any atom is 0.305 e. The molecule has 0 radical (unpaired) electrons. The molecule has 0 spiro atoms. The molecule has 0 aliphatic carbocycles. The summed E-state index contributed by atoms with van der Waals surface area (Å²) >= 11 is 0. The Hall–Kier alpha value is -1.96. The zero-order valence-electron chi connectivity index (χ0n) is 18.4. The largest absolute Gasteiger partial charge is 0.469 e. The van der Waals surface area contributed by atoms with Crippen LogP contribution in [0.25, 0.3) is 0 Å². The molecule has 2 N–H and O–H groups in total.